The van der Waals surface area contributed by atoms with Gasteiger partial charge in [-0.3, -0.25) is 4.79 Å². The number of ether oxygens (including phenoxy) is 1. The maximum atomic E-state index is 12.2. The van der Waals surface area contributed by atoms with Gasteiger partial charge in [0.05, 0.1) is 0 Å². The van der Waals surface area contributed by atoms with E-state index in [-0.39, 0.29) is 5.91 Å². The molecule has 3 nitrogen and oxygen atoms in total. The Morgan fingerprint density at radius 1 is 1.12 bits per heavy atom. The van der Waals surface area contributed by atoms with Crippen LogP contribution in [0.1, 0.15) is 42.9 Å². The molecule has 26 heavy (non-hydrogen) atoms. The Morgan fingerprint density at radius 2 is 1.85 bits per heavy atom. The van der Waals surface area contributed by atoms with Gasteiger partial charge in [0.15, 0.2) is 6.10 Å². The molecule has 0 bridgehead atoms. The van der Waals surface area contributed by atoms with Crippen molar-refractivity contribution in [2.45, 2.75) is 51.6 Å². The molecule has 0 unspecified atom stereocenters. The molecule has 0 radical (unpaired) electrons. The first-order chi connectivity index (χ1) is 12.6. The number of fused-ring (bicyclic) bond motifs is 1. The molecular formula is C22H26ClNO2. The first kappa shape index (κ1) is 18.8. The summed E-state index contributed by atoms with van der Waals surface area (Å²) in [6, 6.07) is 14.0. The topological polar surface area (TPSA) is 38.3 Å². The smallest absolute Gasteiger partial charge is 0.260 e. The lowest BCUT2D eigenvalue weighted by molar-refractivity contribution is -0.127. The van der Waals surface area contributed by atoms with E-state index in [1.165, 1.54) is 29.5 Å². The summed E-state index contributed by atoms with van der Waals surface area (Å²) in [6.07, 6.45) is 6.07. The van der Waals surface area contributed by atoms with E-state index in [1.54, 1.807) is 6.92 Å². The molecule has 0 spiro atoms. The third-order valence-electron chi connectivity index (χ3n) is 4.86. The number of rotatable bonds is 7. The van der Waals surface area contributed by atoms with Gasteiger partial charge in [-0.25, -0.2) is 0 Å². The van der Waals surface area contributed by atoms with Gasteiger partial charge in [0.2, 0.25) is 0 Å². The maximum absolute atomic E-state index is 12.2. The Balaban J connectivity index is 1.42. The molecular weight excluding hydrogens is 346 g/mol. The largest absolute Gasteiger partial charge is 0.481 e. The Labute approximate surface area is 160 Å². The molecule has 3 rings (SSSR count). The summed E-state index contributed by atoms with van der Waals surface area (Å²) in [5.41, 5.74) is 4.01. The van der Waals surface area contributed by atoms with Gasteiger partial charge in [-0.15, -0.1) is 0 Å². The quantitative estimate of drug-likeness (QED) is 0.714. The molecule has 138 valence electrons. The second kappa shape index (κ2) is 9.09. The Kier molecular flexibility index (Phi) is 6.56. The Bertz CT molecular complexity index is 742. The predicted octanol–water partition coefficient (Wildman–Crippen LogP) is 4.74. The number of aryl methyl sites for hydroxylation is 3. The SMILES string of the molecule is C[C@H](Oc1ccc2c(c1)CCCC2)C(=O)NCCCc1ccc(Cl)cc1. The van der Waals surface area contributed by atoms with E-state index in [4.69, 9.17) is 16.3 Å². The van der Waals surface area contributed by atoms with E-state index < -0.39 is 6.10 Å². The average molecular weight is 372 g/mol. The molecule has 0 saturated carbocycles. The van der Waals surface area contributed by atoms with Gasteiger partial charge < -0.3 is 10.1 Å². The second-order valence-corrected chi connectivity index (χ2v) is 7.36. The minimum Gasteiger partial charge on any atom is -0.481 e. The molecule has 0 aliphatic heterocycles. The maximum Gasteiger partial charge on any atom is 0.260 e. The molecule has 0 fully saturated rings. The van der Waals surface area contributed by atoms with E-state index in [0.717, 1.165) is 36.5 Å². The second-order valence-electron chi connectivity index (χ2n) is 6.92. The van der Waals surface area contributed by atoms with E-state index in [9.17, 15) is 4.79 Å². The van der Waals surface area contributed by atoms with Gasteiger partial charge >= 0.3 is 0 Å². The van der Waals surface area contributed by atoms with Crippen LogP contribution in [0.5, 0.6) is 5.75 Å². The normalized spacial score (nSPS) is 14.4. The van der Waals surface area contributed by atoms with Crippen LogP contribution in [0.3, 0.4) is 0 Å². The highest BCUT2D eigenvalue weighted by molar-refractivity contribution is 6.30. The Morgan fingerprint density at radius 3 is 2.62 bits per heavy atom. The van der Waals surface area contributed by atoms with Gasteiger partial charge in [-0.05, 0) is 86.4 Å². The lowest BCUT2D eigenvalue weighted by Gasteiger charge is -2.19. The van der Waals surface area contributed by atoms with E-state index in [1.807, 2.05) is 30.3 Å². The highest BCUT2D eigenvalue weighted by Crippen LogP contribution is 2.25. The standard InChI is InChI=1S/C22H26ClNO2/c1-16(26-21-13-10-18-6-2-3-7-19(18)15-21)22(25)24-14-4-5-17-8-11-20(23)12-9-17/h8-13,15-16H,2-7,14H2,1H3,(H,24,25)/t16-/m0/s1. The lowest BCUT2D eigenvalue weighted by Crippen LogP contribution is -2.37. The summed E-state index contributed by atoms with van der Waals surface area (Å²) in [7, 11) is 0. The van der Waals surface area contributed by atoms with Crippen molar-refractivity contribution in [3.8, 4) is 5.75 Å². The highest BCUT2D eigenvalue weighted by Gasteiger charge is 2.16. The molecule has 0 saturated heterocycles. The minimum absolute atomic E-state index is 0.0705. The summed E-state index contributed by atoms with van der Waals surface area (Å²) in [6.45, 7) is 2.44. The van der Waals surface area contributed by atoms with Crippen molar-refractivity contribution in [1.29, 1.82) is 0 Å². The summed E-state index contributed by atoms with van der Waals surface area (Å²) < 4.78 is 5.84. The molecule has 0 heterocycles. The van der Waals surface area contributed by atoms with Crippen LogP contribution in [0.25, 0.3) is 0 Å². The summed E-state index contributed by atoms with van der Waals surface area (Å²) in [4.78, 5) is 12.2. The van der Waals surface area contributed by atoms with Crippen molar-refractivity contribution in [2.75, 3.05) is 6.54 Å². The third kappa shape index (κ3) is 5.25. The van der Waals surface area contributed by atoms with Gasteiger partial charge in [-0.2, -0.15) is 0 Å². The molecule has 2 aromatic rings. The first-order valence-corrected chi connectivity index (χ1v) is 9.80. The van der Waals surface area contributed by atoms with Crippen LogP contribution in [-0.2, 0) is 24.1 Å². The van der Waals surface area contributed by atoms with Gasteiger partial charge in [-0.1, -0.05) is 29.8 Å². The number of carbonyl (C=O) groups excluding carboxylic acids is 1. The third-order valence-corrected chi connectivity index (χ3v) is 5.11. The number of hydrogen-bond donors (Lipinski definition) is 1. The van der Waals surface area contributed by atoms with Crippen molar-refractivity contribution < 1.29 is 9.53 Å². The fourth-order valence-corrected chi connectivity index (χ4v) is 3.47. The van der Waals surface area contributed by atoms with Crippen LogP contribution in [-0.4, -0.2) is 18.6 Å². The molecule has 1 aliphatic carbocycles. The Hall–Kier alpha value is -2.00. The molecule has 4 heteroatoms. The van der Waals surface area contributed by atoms with Crippen LogP contribution in [0.4, 0.5) is 0 Å². The van der Waals surface area contributed by atoms with Crippen LogP contribution in [0.2, 0.25) is 5.02 Å². The van der Waals surface area contributed by atoms with Crippen LogP contribution in [0.15, 0.2) is 42.5 Å². The predicted molar refractivity (Wildman–Crippen MR) is 106 cm³/mol. The van der Waals surface area contributed by atoms with E-state index >= 15 is 0 Å². The van der Waals surface area contributed by atoms with Gasteiger partial charge in [0.25, 0.3) is 5.91 Å². The lowest BCUT2D eigenvalue weighted by atomic mass is 9.92. The van der Waals surface area contributed by atoms with Crippen LogP contribution in [0, 0.1) is 0 Å². The summed E-state index contributed by atoms with van der Waals surface area (Å²) in [5.74, 6) is 0.716. The molecule has 1 amide bonds. The molecule has 2 aromatic carbocycles. The first-order valence-electron chi connectivity index (χ1n) is 9.42. The van der Waals surface area contributed by atoms with E-state index in [0.29, 0.717) is 6.54 Å². The molecule has 1 N–H and O–H groups in total. The average Bonchev–Trinajstić information content (AvgIpc) is 2.66. The minimum atomic E-state index is -0.493. The van der Waals surface area contributed by atoms with Gasteiger partial charge in [0, 0.05) is 11.6 Å². The number of benzene rings is 2. The van der Waals surface area contributed by atoms with Crippen molar-refractivity contribution in [2.24, 2.45) is 0 Å². The van der Waals surface area contributed by atoms with Crippen molar-refractivity contribution in [3.63, 3.8) is 0 Å². The zero-order chi connectivity index (χ0) is 18.4. The molecule has 1 aliphatic rings. The number of carbonyl (C=O) groups is 1. The highest BCUT2D eigenvalue weighted by atomic mass is 35.5. The monoisotopic (exact) mass is 371 g/mol. The number of nitrogens with one attached hydrogen (secondary N) is 1. The van der Waals surface area contributed by atoms with Crippen molar-refractivity contribution in [3.05, 3.63) is 64.2 Å². The zero-order valence-electron chi connectivity index (χ0n) is 15.3. The number of amides is 1. The molecule has 0 aromatic heterocycles. The molecule has 1 atom stereocenters. The number of halogens is 1. The fourth-order valence-electron chi connectivity index (χ4n) is 3.34. The van der Waals surface area contributed by atoms with Crippen LogP contribution >= 0.6 is 11.6 Å². The summed E-state index contributed by atoms with van der Waals surface area (Å²) >= 11 is 5.88. The van der Waals surface area contributed by atoms with Crippen LogP contribution < -0.4 is 10.1 Å². The van der Waals surface area contributed by atoms with E-state index in [2.05, 4.69) is 17.4 Å². The van der Waals surface area contributed by atoms with Gasteiger partial charge in [0.1, 0.15) is 5.75 Å². The summed E-state index contributed by atoms with van der Waals surface area (Å²) in [5, 5.41) is 3.70. The fraction of sp³-hybridized carbons (Fsp3) is 0.409. The van der Waals surface area contributed by atoms with Crippen molar-refractivity contribution >= 4 is 17.5 Å². The zero-order valence-corrected chi connectivity index (χ0v) is 16.0. The number of hydrogen-bond acceptors (Lipinski definition) is 2. The van der Waals surface area contributed by atoms with Crippen molar-refractivity contribution in [1.82, 2.24) is 5.32 Å².